The molecule has 2 atom stereocenters. The van der Waals surface area contributed by atoms with Gasteiger partial charge in [0.25, 0.3) is 0 Å². The summed E-state index contributed by atoms with van der Waals surface area (Å²) in [5.74, 6) is -1.28. The third-order valence-electron chi connectivity index (χ3n) is 3.41. The Labute approximate surface area is 102 Å². The van der Waals surface area contributed by atoms with Gasteiger partial charge >= 0.3 is 5.97 Å². The van der Waals surface area contributed by atoms with Crippen molar-refractivity contribution >= 4 is 11.9 Å². The number of ether oxygens (including phenoxy) is 1. The number of methoxy groups -OCH3 is 1. The Kier molecular flexibility index (Phi) is 4.14. The highest BCUT2D eigenvalue weighted by molar-refractivity contribution is 5.79. The average molecular weight is 243 g/mol. The van der Waals surface area contributed by atoms with Crippen molar-refractivity contribution in [2.24, 2.45) is 11.8 Å². The van der Waals surface area contributed by atoms with Crippen molar-refractivity contribution in [2.45, 2.75) is 32.8 Å². The maximum Gasteiger partial charge on any atom is 0.308 e. The Balaban J connectivity index is 2.59. The predicted octanol–water partition coefficient (Wildman–Crippen LogP) is 0.981. The summed E-state index contributed by atoms with van der Waals surface area (Å²) in [6, 6.07) is 0. The zero-order chi connectivity index (χ0) is 13.2. The zero-order valence-electron chi connectivity index (χ0n) is 10.9. The summed E-state index contributed by atoms with van der Waals surface area (Å²) < 4.78 is 5.21. The van der Waals surface area contributed by atoms with E-state index in [1.807, 2.05) is 20.8 Å². The Bertz CT molecular complexity index is 314. The Morgan fingerprint density at radius 1 is 1.41 bits per heavy atom. The molecule has 0 radical (unpaired) electrons. The third kappa shape index (κ3) is 3.43. The quantitative estimate of drug-likeness (QED) is 0.799. The van der Waals surface area contributed by atoms with E-state index in [1.165, 1.54) is 0 Å². The minimum atomic E-state index is -0.821. The van der Waals surface area contributed by atoms with Gasteiger partial charge in [0.15, 0.2) is 0 Å². The highest BCUT2D eigenvalue weighted by Crippen LogP contribution is 2.25. The molecule has 98 valence electrons. The maximum atomic E-state index is 12.0. The Morgan fingerprint density at radius 3 is 2.41 bits per heavy atom. The minimum absolute atomic E-state index is 0.0158. The van der Waals surface area contributed by atoms with Crippen LogP contribution in [-0.4, -0.2) is 47.7 Å². The van der Waals surface area contributed by atoms with Crippen LogP contribution in [0.25, 0.3) is 0 Å². The number of hydrogen-bond acceptors (Lipinski definition) is 3. The summed E-state index contributed by atoms with van der Waals surface area (Å²) in [4.78, 5) is 24.6. The Morgan fingerprint density at radius 2 is 2.00 bits per heavy atom. The first-order chi connectivity index (χ1) is 7.76. The van der Waals surface area contributed by atoms with Gasteiger partial charge in [-0.05, 0) is 19.8 Å². The molecule has 1 aliphatic heterocycles. The number of nitrogens with zero attached hydrogens (tertiary/aromatic N) is 1. The highest BCUT2D eigenvalue weighted by atomic mass is 16.5. The van der Waals surface area contributed by atoms with E-state index in [9.17, 15) is 9.59 Å². The van der Waals surface area contributed by atoms with Crippen LogP contribution in [0.2, 0.25) is 0 Å². The molecule has 0 aliphatic carbocycles. The Hall–Kier alpha value is -1.10. The van der Waals surface area contributed by atoms with Gasteiger partial charge in [0, 0.05) is 20.2 Å². The molecule has 1 amide bonds. The van der Waals surface area contributed by atoms with E-state index in [-0.39, 0.29) is 18.2 Å². The lowest BCUT2D eigenvalue weighted by Gasteiger charge is -2.25. The van der Waals surface area contributed by atoms with E-state index >= 15 is 0 Å². The van der Waals surface area contributed by atoms with E-state index in [4.69, 9.17) is 9.84 Å². The molecule has 1 fully saturated rings. The lowest BCUT2D eigenvalue weighted by Crippen LogP contribution is -2.36. The molecule has 1 rings (SSSR count). The topological polar surface area (TPSA) is 66.8 Å². The monoisotopic (exact) mass is 243 g/mol. The van der Waals surface area contributed by atoms with Crippen LogP contribution >= 0.6 is 0 Å². The largest absolute Gasteiger partial charge is 0.481 e. The molecule has 1 saturated heterocycles. The van der Waals surface area contributed by atoms with Crippen LogP contribution in [0.5, 0.6) is 0 Å². The van der Waals surface area contributed by atoms with Crippen LogP contribution in [-0.2, 0) is 14.3 Å². The fourth-order valence-electron chi connectivity index (χ4n) is 2.04. The second kappa shape index (κ2) is 5.04. The van der Waals surface area contributed by atoms with Gasteiger partial charge < -0.3 is 14.7 Å². The standard InChI is InChI=1S/C12H21NO4/c1-8-6-13(7-9(8)11(15)16)10(14)5-12(2,3)17-4/h8-9H,5-7H2,1-4H3,(H,15,16)/t8-,9-/m1/s1. The number of likely N-dealkylation sites (tertiary alicyclic amines) is 1. The first kappa shape index (κ1) is 14.0. The molecule has 1 aliphatic rings. The van der Waals surface area contributed by atoms with Crippen LogP contribution in [0.3, 0.4) is 0 Å². The fourth-order valence-corrected chi connectivity index (χ4v) is 2.04. The predicted molar refractivity (Wildman–Crippen MR) is 62.6 cm³/mol. The smallest absolute Gasteiger partial charge is 0.308 e. The summed E-state index contributed by atoms with van der Waals surface area (Å²) in [5, 5.41) is 9.00. The van der Waals surface area contributed by atoms with Crippen LogP contribution < -0.4 is 0 Å². The van der Waals surface area contributed by atoms with Gasteiger partial charge in [0.1, 0.15) is 0 Å². The maximum absolute atomic E-state index is 12.0. The van der Waals surface area contributed by atoms with Crippen molar-refractivity contribution in [3.8, 4) is 0 Å². The minimum Gasteiger partial charge on any atom is -0.481 e. The second-order valence-electron chi connectivity index (χ2n) is 5.36. The first-order valence-electron chi connectivity index (χ1n) is 5.82. The molecule has 1 N–H and O–H groups in total. The molecule has 1 heterocycles. The van der Waals surface area contributed by atoms with Crippen molar-refractivity contribution in [1.82, 2.24) is 4.90 Å². The average Bonchev–Trinajstić information content (AvgIpc) is 2.60. The number of carbonyl (C=O) groups excluding carboxylic acids is 1. The highest BCUT2D eigenvalue weighted by Gasteiger charge is 2.38. The van der Waals surface area contributed by atoms with Gasteiger partial charge in [-0.3, -0.25) is 9.59 Å². The summed E-state index contributed by atoms with van der Waals surface area (Å²) >= 11 is 0. The van der Waals surface area contributed by atoms with E-state index < -0.39 is 17.5 Å². The summed E-state index contributed by atoms with van der Waals surface area (Å²) in [6.07, 6.45) is 0.280. The van der Waals surface area contributed by atoms with E-state index in [1.54, 1.807) is 12.0 Å². The van der Waals surface area contributed by atoms with Crippen molar-refractivity contribution in [3.05, 3.63) is 0 Å². The first-order valence-corrected chi connectivity index (χ1v) is 5.82. The van der Waals surface area contributed by atoms with E-state index in [2.05, 4.69) is 0 Å². The van der Waals surface area contributed by atoms with Crippen molar-refractivity contribution in [2.75, 3.05) is 20.2 Å². The van der Waals surface area contributed by atoms with Crippen LogP contribution in [0.4, 0.5) is 0 Å². The second-order valence-corrected chi connectivity index (χ2v) is 5.36. The number of aliphatic carboxylic acids is 1. The summed E-state index contributed by atoms with van der Waals surface area (Å²) in [5.41, 5.74) is -0.498. The SMILES string of the molecule is COC(C)(C)CC(=O)N1C[C@@H](C)[C@H](C(=O)O)C1. The molecule has 0 aromatic heterocycles. The molecule has 5 heteroatoms. The number of carboxylic acid groups (broad SMARTS) is 1. The molecular weight excluding hydrogens is 222 g/mol. The van der Waals surface area contributed by atoms with Gasteiger partial charge in [0.2, 0.25) is 5.91 Å². The van der Waals surface area contributed by atoms with Crippen molar-refractivity contribution in [1.29, 1.82) is 0 Å². The van der Waals surface area contributed by atoms with Gasteiger partial charge in [-0.25, -0.2) is 0 Å². The van der Waals surface area contributed by atoms with Crippen molar-refractivity contribution in [3.63, 3.8) is 0 Å². The van der Waals surface area contributed by atoms with Gasteiger partial charge in [-0.2, -0.15) is 0 Å². The molecule has 0 saturated carbocycles. The fraction of sp³-hybridized carbons (Fsp3) is 0.833. The number of amides is 1. The molecule has 0 bridgehead atoms. The summed E-state index contributed by atoms with van der Waals surface area (Å²) in [6.45, 7) is 6.40. The third-order valence-corrected chi connectivity index (χ3v) is 3.41. The molecule has 0 unspecified atom stereocenters. The zero-order valence-corrected chi connectivity index (χ0v) is 10.9. The molecule has 0 aromatic rings. The van der Waals surface area contributed by atoms with Gasteiger partial charge in [-0.15, -0.1) is 0 Å². The van der Waals surface area contributed by atoms with E-state index in [0.29, 0.717) is 13.1 Å². The number of carboxylic acids is 1. The van der Waals surface area contributed by atoms with Crippen LogP contribution in [0.15, 0.2) is 0 Å². The molecule has 0 aromatic carbocycles. The lowest BCUT2D eigenvalue weighted by molar-refractivity contribution is -0.142. The normalized spacial score (nSPS) is 25.1. The van der Waals surface area contributed by atoms with Gasteiger partial charge in [0.05, 0.1) is 17.9 Å². The lowest BCUT2D eigenvalue weighted by atomic mass is 9.99. The number of rotatable bonds is 4. The number of hydrogen-bond donors (Lipinski definition) is 1. The van der Waals surface area contributed by atoms with E-state index in [0.717, 1.165) is 0 Å². The summed E-state index contributed by atoms with van der Waals surface area (Å²) in [7, 11) is 1.57. The number of carbonyl (C=O) groups is 2. The molecular formula is C12H21NO4. The molecule has 0 spiro atoms. The molecule has 5 nitrogen and oxygen atoms in total. The van der Waals surface area contributed by atoms with Gasteiger partial charge in [-0.1, -0.05) is 6.92 Å². The van der Waals surface area contributed by atoms with Crippen molar-refractivity contribution < 1.29 is 19.4 Å². The van der Waals surface area contributed by atoms with Crippen LogP contribution in [0.1, 0.15) is 27.2 Å². The molecule has 17 heavy (non-hydrogen) atoms. The van der Waals surface area contributed by atoms with Crippen LogP contribution in [0, 0.1) is 11.8 Å².